The predicted octanol–water partition coefficient (Wildman–Crippen LogP) is 2.76. The maximum atomic E-state index is 13.6. The molecular weight excluding hydrogens is 628 g/mol. The van der Waals surface area contributed by atoms with Gasteiger partial charge in [0.05, 0.1) is 18.3 Å². The molecule has 0 aromatic heterocycles. The number of benzene rings is 3. The van der Waals surface area contributed by atoms with Crippen molar-refractivity contribution in [1.29, 1.82) is 0 Å². The number of phenols is 1. The minimum absolute atomic E-state index is 0.0178. The fraction of sp³-hybridized carbons (Fsp3) is 0.342. The molecular formula is C38H40N2O9. The van der Waals surface area contributed by atoms with Crippen LogP contribution in [0.4, 0.5) is 0 Å². The van der Waals surface area contributed by atoms with Crippen LogP contribution >= 0.6 is 0 Å². The van der Waals surface area contributed by atoms with Crippen molar-refractivity contribution in [1.82, 2.24) is 10.6 Å². The van der Waals surface area contributed by atoms with E-state index in [0.29, 0.717) is 24.8 Å². The van der Waals surface area contributed by atoms with Crippen molar-refractivity contribution >= 4 is 23.9 Å². The normalized spacial score (nSPS) is 21.8. The molecule has 0 radical (unpaired) electrons. The van der Waals surface area contributed by atoms with Gasteiger partial charge in [-0.1, -0.05) is 66.7 Å². The molecule has 3 aromatic rings. The maximum absolute atomic E-state index is 13.6. The Morgan fingerprint density at radius 2 is 1.76 bits per heavy atom. The summed E-state index contributed by atoms with van der Waals surface area (Å²) in [6.45, 7) is 1.04. The fourth-order valence-corrected chi connectivity index (χ4v) is 6.57. The van der Waals surface area contributed by atoms with Crippen LogP contribution in [0.3, 0.4) is 0 Å². The third kappa shape index (κ3) is 7.76. The summed E-state index contributed by atoms with van der Waals surface area (Å²) in [5.74, 6) is -2.65. The smallest absolute Gasteiger partial charge is 0.338 e. The average Bonchev–Trinajstić information content (AvgIpc) is 3.64. The number of rotatable bonds is 11. The number of allylic oxidation sites excluding steroid dienone is 1. The van der Waals surface area contributed by atoms with Crippen LogP contribution in [-0.2, 0) is 43.1 Å². The lowest BCUT2D eigenvalue weighted by Gasteiger charge is -2.31. The van der Waals surface area contributed by atoms with Crippen molar-refractivity contribution in [2.75, 3.05) is 13.2 Å². The van der Waals surface area contributed by atoms with Crippen molar-refractivity contribution in [3.63, 3.8) is 0 Å². The molecule has 0 unspecified atom stereocenters. The van der Waals surface area contributed by atoms with Crippen molar-refractivity contribution in [2.45, 2.75) is 68.9 Å². The molecule has 1 saturated heterocycles. The quantitative estimate of drug-likeness (QED) is 0.193. The van der Waals surface area contributed by atoms with E-state index in [0.717, 1.165) is 22.3 Å². The van der Waals surface area contributed by atoms with Crippen molar-refractivity contribution in [3.8, 4) is 5.75 Å². The zero-order chi connectivity index (χ0) is 34.5. The first-order chi connectivity index (χ1) is 23.6. The predicted molar refractivity (Wildman–Crippen MR) is 179 cm³/mol. The number of amides is 2. The summed E-state index contributed by atoms with van der Waals surface area (Å²) in [5.41, 5.74) is 4.25. The molecule has 11 nitrogen and oxygen atoms in total. The molecule has 1 spiro atoms. The van der Waals surface area contributed by atoms with Crippen LogP contribution in [0.5, 0.6) is 5.75 Å². The first kappa shape index (κ1) is 34.1. The van der Waals surface area contributed by atoms with Gasteiger partial charge >= 0.3 is 5.97 Å². The van der Waals surface area contributed by atoms with Crippen molar-refractivity contribution in [2.24, 2.45) is 0 Å². The third-order valence-electron chi connectivity index (χ3n) is 8.99. The Bertz CT molecular complexity index is 1740. The molecule has 1 heterocycles. The van der Waals surface area contributed by atoms with Crippen LogP contribution in [0.1, 0.15) is 46.0 Å². The van der Waals surface area contributed by atoms with E-state index in [4.69, 9.17) is 19.3 Å². The summed E-state index contributed by atoms with van der Waals surface area (Å²) in [4.78, 5) is 39.8. The summed E-state index contributed by atoms with van der Waals surface area (Å²) in [6, 6.07) is 20.7. The van der Waals surface area contributed by atoms with E-state index in [2.05, 4.69) is 10.6 Å². The third-order valence-corrected chi connectivity index (χ3v) is 8.99. The number of nitrogens with one attached hydrogen (secondary N) is 2. The van der Waals surface area contributed by atoms with Gasteiger partial charge in [0.25, 0.3) is 0 Å². The number of hydrogen-bond donors (Lipinski definition) is 5. The van der Waals surface area contributed by atoms with Gasteiger partial charge in [0.15, 0.2) is 5.79 Å². The lowest BCUT2D eigenvalue weighted by molar-refractivity contribution is -0.172. The number of aliphatic hydroxyl groups excluding tert-OH is 2. The number of aromatic hydroxyl groups is 1. The number of fused-ring (bicyclic) bond motifs is 2. The van der Waals surface area contributed by atoms with Gasteiger partial charge in [0.1, 0.15) is 30.1 Å². The lowest BCUT2D eigenvalue weighted by atomic mass is 9.91. The molecule has 1 fully saturated rings. The molecule has 0 saturated carbocycles. The number of carbonyl (C=O) groups excluding carboxylic acids is 3. The molecule has 3 aliphatic rings. The van der Waals surface area contributed by atoms with Gasteiger partial charge in [-0.15, -0.1) is 0 Å². The Kier molecular flexibility index (Phi) is 10.3. The molecule has 5 N–H and O–H groups in total. The van der Waals surface area contributed by atoms with Crippen molar-refractivity contribution < 1.29 is 43.9 Å². The Morgan fingerprint density at radius 3 is 2.47 bits per heavy atom. The molecule has 6 rings (SSSR count). The van der Waals surface area contributed by atoms with E-state index in [-0.39, 0.29) is 30.9 Å². The highest BCUT2D eigenvalue weighted by Crippen LogP contribution is 2.45. The van der Waals surface area contributed by atoms with Crippen LogP contribution in [0.25, 0.3) is 6.08 Å². The zero-order valence-electron chi connectivity index (χ0n) is 27.1. The second-order valence-electron chi connectivity index (χ2n) is 12.6. The molecule has 3 aromatic carbocycles. The summed E-state index contributed by atoms with van der Waals surface area (Å²) in [5, 5.41) is 34.5. The van der Waals surface area contributed by atoms with E-state index < -0.39 is 54.0 Å². The number of aliphatic hydroxyl groups is 2. The molecule has 2 aliphatic carbocycles. The largest absolute Gasteiger partial charge is 0.508 e. The molecule has 49 heavy (non-hydrogen) atoms. The van der Waals surface area contributed by atoms with Gasteiger partial charge < -0.3 is 40.2 Å². The number of hydrogen-bond acceptors (Lipinski definition) is 9. The highest BCUT2D eigenvalue weighted by Gasteiger charge is 2.55. The molecule has 0 bridgehead atoms. The zero-order valence-corrected chi connectivity index (χ0v) is 27.1. The average molecular weight is 669 g/mol. The number of para-hydroxylation sites is 1. The summed E-state index contributed by atoms with van der Waals surface area (Å²) < 4.78 is 19.1. The van der Waals surface area contributed by atoms with Gasteiger partial charge in [-0.2, -0.15) is 0 Å². The highest BCUT2D eigenvalue weighted by atomic mass is 16.8. The number of carbonyl (C=O) groups is 3. The van der Waals surface area contributed by atoms with E-state index in [9.17, 15) is 24.6 Å². The Labute approximate surface area is 284 Å². The molecule has 11 heteroatoms. The van der Waals surface area contributed by atoms with Gasteiger partial charge in [-0.3, -0.25) is 9.59 Å². The van der Waals surface area contributed by atoms with Gasteiger partial charge in [-0.25, -0.2) is 4.79 Å². The summed E-state index contributed by atoms with van der Waals surface area (Å²) >= 11 is 0. The SMILES string of the molecule is C[C@H](O)[C@@H](NC(=O)C1=C[C@H]2OC3(Cc4ccccc4C3)O[C@H]2[C@H](OC(=O)c2cccc(C=CCc3ccccc3O)c2)C1)C(=O)NCCO. The molecule has 1 aliphatic heterocycles. The standard InChI is InChI=1S/C38H40N2O9/c1-23(42)33(36(45)39-16-17-41)40-35(44)29-19-31(34-32(20-29)48-38(49-34)21-27-11-2-3-12-28(27)22-38)47-37(46)26-14-7-9-24(18-26)8-6-13-25-10-4-5-15-30(25)43/h2-12,14-15,18,20,23,31-34,41-43H,13,16-17,19,21-22H2,1H3,(H,39,45)(H,40,44)/t23-,31+,32+,33+,34-/m0/s1. The first-order valence-electron chi connectivity index (χ1n) is 16.4. The molecule has 5 atom stereocenters. The van der Waals surface area contributed by atoms with E-state index >= 15 is 0 Å². The van der Waals surface area contributed by atoms with Crippen LogP contribution < -0.4 is 10.6 Å². The van der Waals surface area contributed by atoms with E-state index in [1.54, 1.807) is 36.4 Å². The van der Waals surface area contributed by atoms with Gasteiger partial charge in [0, 0.05) is 31.4 Å². The Hall–Kier alpha value is -4.81. The summed E-state index contributed by atoms with van der Waals surface area (Å²) in [7, 11) is 0. The van der Waals surface area contributed by atoms with E-state index in [1.165, 1.54) is 6.92 Å². The highest BCUT2D eigenvalue weighted by molar-refractivity contribution is 5.97. The number of ether oxygens (including phenoxy) is 3. The van der Waals surface area contributed by atoms with Crippen molar-refractivity contribution in [3.05, 3.63) is 118 Å². The number of esters is 1. The minimum atomic E-state index is -1.28. The molecule has 2 amide bonds. The van der Waals surface area contributed by atoms with Crippen LogP contribution in [0.15, 0.2) is 90.5 Å². The van der Waals surface area contributed by atoms with Gasteiger partial charge in [-0.05, 0) is 59.9 Å². The van der Waals surface area contributed by atoms with Gasteiger partial charge in [0.2, 0.25) is 11.8 Å². The maximum Gasteiger partial charge on any atom is 0.338 e. The topological polar surface area (TPSA) is 164 Å². The Morgan fingerprint density at radius 1 is 1.02 bits per heavy atom. The second-order valence-corrected chi connectivity index (χ2v) is 12.6. The van der Waals surface area contributed by atoms with Crippen LogP contribution in [0, 0.1) is 0 Å². The first-order valence-corrected chi connectivity index (χ1v) is 16.4. The summed E-state index contributed by atoms with van der Waals surface area (Å²) in [6.07, 6.45) is 3.33. The van der Waals surface area contributed by atoms with Crippen LogP contribution in [0.2, 0.25) is 0 Å². The van der Waals surface area contributed by atoms with E-state index in [1.807, 2.05) is 54.6 Å². The Balaban J connectivity index is 1.21. The fourth-order valence-electron chi connectivity index (χ4n) is 6.57. The number of phenolic OH excluding ortho intramolecular Hbond substituents is 1. The second kappa shape index (κ2) is 14.8. The minimum Gasteiger partial charge on any atom is -0.508 e. The molecule has 256 valence electrons. The van der Waals surface area contributed by atoms with Crippen LogP contribution in [-0.4, -0.2) is 82.5 Å². The monoisotopic (exact) mass is 668 g/mol. The lowest BCUT2D eigenvalue weighted by Crippen LogP contribution is -2.54.